The van der Waals surface area contributed by atoms with Crippen molar-refractivity contribution in [2.24, 2.45) is 5.73 Å². The lowest BCUT2D eigenvalue weighted by Crippen LogP contribution is -2.22. The average Bonchev–Trinajstić information content (AvgIpc) is 2.07. The Morgan fingerprint density at radius 2 is 1.45 bits per heavy atom. The van der Waals surface area contributed by atoms with E-state index >= 15 is 0 Å². The van der Waals surface area contributed by atoms with Gasteiger partial charge in [-0.3, -0.25) is 0 Å². The zero-order valence-corrected chi connectivity index (χ0v) is 7.69. The van der Waals surface area contributed by atoms with Crippen LogP contribution in [0.15, 0.2) is 0 Å². The van der Waals surface area contributed by atoms with Crippen LogP contribution in [0.4, 0.5) is 0 Å². The second-order valence-corrected chi connectivity index (χ2v) is 2.90. The van der Waals surface area contributed by atoms with E-state index in [1.807, 2.05) is 13.8 Å². The summed E-state index contributed by atoms with van der Waals surface area (Å²) in [5, 5.41) is 0. The van der Waals surface area contributed by atoms with Gasteiger partial charge in [-0.1, -0.05) is 19.3 Å². The minimum absolute atomic E-state index is 0.536. The fraction of sp³-hybridized carbons (Fsp3) is 0.800. The zero-order chi connectivity index (χ0) is 8.53. The van der Waals surface area contributed by atoms with Crippen LogP contribution in [0, 0.1) is 11.8 Å². The Morgan fingerprint density at radius 1 is 1.00 bits per heavy atom. The SMILES string of the molecule is CC#CC.NC1CCCCC1. The summed E-state index contributed by atoms with van der Waals surface area (Å²) in [6.07, 6.45) is 6.66. The maximum atomic E-state index is 5.63. The van der Waals surface area contributed by atoms with Gasteiger partial charge in [0.05, 0.1) is 0 Å². The normalized spacial score (nSPS) is 17.4. The van der Waals surface area contributed by atoms with E-state index in [4.69, 9.17) is 5.73 Å². The van der Waals surface area contributed by atoms with E-state index in [1.165, 1.54) is 32.1 Å². The third kappa shape index (κ3) is 7.42. The van der Waals surface area contributed by atoms with Crippen molar-refractivity contribution in [2.45, 2.75) is 52.0 Å². The van der Waals surface area contributed by atoms with Gasteiger partial charge in [-0.15, -0.1) is 11.8 Å². The maximum absolute atomic E-state index is 5.63. The highest BCUT2D eigenvalue weighted by Crippen LogP contribution is 2.14. The first-order chi connectivity index (χ1) is 5.31. The number of hydrogen-bond donors (Lipinski definition) is 1. The molecule has 1 heteroatoms. The summed E-state index contributed by atoms with van der Waals surface area (Å²) in [6, 6.07) is 0.536. The summed E-state index contributed by atoms with van der Waals surface area (Å²) in [5.74, 6) is 5.36. The first-order valence-electron chi connectivity index (χ1n) is 4.40. The van der Waals surface area contributed by atoms with E-state index in [-0.39, 0.29) is 0 Å². The minimum atomic E-state index is 0.536. The van der Waals surface area contributed by atoms with Gasteiger partial charge >= 0.3 is 0 Å². The summed E-state index contributed by atoms with van der Waals surface area (Å²) < 4.78 is 0. The lowest BCUT2D eigenvalue weighted by Gasteiger charge is -2.15. The van der Waals surface area contributed by atoms with Crippen molar-refractivity contribution >= 4 is 0 Å². The molecule has 0 aromatic heterocycles. The van der Waals surface area contributed by atoms with Crippen molar-refractivity contribution < 1.29 is 0 Å². The Bertz CT molecular complexity index is 118. The largest absolute Gasteiger partial charge is 0.328 e. The molecule has 0 amide bonds. The number of hydrogen-bond acceptors (Lipinski definition) is 1. The molecule has 2 N–H and O–H groups in total. The fourth-order valence-corrected chi connectivity index (χ4v) is 1.13. The number of nitrogens with two attached hydrogens (primary N) is 1. The first kappa shape index (κ1) is 10.5. The molecule has 0 aromatic carbocycles. The lowest BCUT2D eigenvalue weighted by molar-refractivity contribution is 0.441. The third-order valence-corrected chi connectivity index (χ3v) is 1.90. The Kier molecular flexibility index (Phi) is 7.29. The van der Waals surface area contributed by atoms with E-state index in [1.54, 1.807) is 0 Å². The molecule has 0 aliphatic heterocycles. The Labute approximate surface area is 70.4 Å². The van der Waals surface area contributed by atoms with Crippen LogP contribution < -0.4 is 5.73 Å². The van der Waals surface area contributed by atoms with E-state index in [9.17, 15) is 0 Å². The minimum Gasteiger partial charge on any atom is -0.328 e. The highest BCUT2D eigenvalue weighted by Gasteiger charge is 2.06. The molecule has 0 radical (unpaired) electrons. The van der Waals surface area contributed by atoms with Crippen LogP contribution in [0.2, 0.25) is 0 Å². The van der Waals surface area contributed by atoms with E-state index < -0.39 is 0 Å². The van der Waals surface area contributed by atoms with Crippen molar-refractivity contribution in [1.29, 1.82) is 0 Å². The highest BCUT2D eigenvalue weighted by atomic mass is 14.6. The molecule has 64 valence electrons. The van der Waals surface area contributed by atoms with Gasteiger partial charge in [0.25, 0.3) is 0 Å². The zero-order valence-electron chi connectivity index (χ0n) is 7.69. The molecular weight excluding hydrogens is 134 g/mol. The van der Waals surface area contributed by atoms with Gasteiger partial charge in [-0.25, -0.2) is 0 Å². The predicted octanol–water partition coefficient (Wildman–Crippen LogP) is 2.31. The molecule has 0 heterocycles. The molecule has 11 heavy (non-hydrogen) atoms. The molecule has 0 aromatic rings. The van der Waals surface area contributed by atoms with Crippen LogP contribution in [0.25, 0.3) is 0 Å². The Morgan fingerprint density at radius 3 is 1.64 bits per heavy atom. The summed E-state index contributed by atoms with van der Waals surface area (Å²) in [6.45, 7) is 3.64. The van der Waals surface area contributed by atoms with Gasteiger partial charge in [-0.05, 0) is 26.7 Å². The lowest BCUT2D eigenvalue weighted by atomic mass is 9.97. The molecule has 0 atom stereocenters. The molecule has 1 aliphatic carbocycles. The molecule has 1 nitrogen and oxygen atoms in total. The van der Waals surface area contributed by atoms with Crippen LogP contribution in [0.5, 0.6) is 0 Å². The van der Waals surface area contributed by atoms with Gasteiger partial charge in [0.2, 0.25) is 0 Å². The van der Waals surface area contributed by atoms with Crippen molar-refractivity contribution in [2.75, 3.05) is 0 Å². The summed E-state index contributed by atoms with van der Waals surface area (Å²) in [4.78, 5) is 0. The fourth-order valence-electron chi connectivity index (χ4n) is 1.13. The first-order valence-corrected chi connectivity index (χ1v) is 4.40. The molecule has 0 unspecified atom stereocenters. The van der Waals surface area contributed by atoms with E-state index in [0.29, 0.717) is 6.04 Å². The van der Waals surface area contributed by atoms with Crippen LogP contribution in [-0.4, -0.2) is 6.04 Å². The molecule has 1 rings (SSSR count). The molecule has 1 fully saturated rings. The quantitative estimate of drug-likeness (QED) is 0.531. The maximum Gasteiger partial charge on any atom is 0.00388 e. The second kappa shape index (κ2) is 7.63. The molecule has 0 bridgehead atoms. The van der Waals surface area contributed by atoms with Crippen molar-refractivity contribution in [3.63, 3.8) is 0 Å². The summed E-state index contributed by atoms with van der Waals surface area (Å²) in [5.41, 5.74) is 5.63. The molecule has 0 spiro atoms. The molecule has 1 aliphatic rings. The van der Waals surface area contributed by atoms with Crippen LogP contribution in [-0.2, 0) is 0 Å². The molecular formula is C10H19N. The summed E-state index contributed by atoms with van der Waals surface area (Å²) >= 11 is 0. The standard InChI is InChI=1S/C6H13N.C4H6/c7-6-4-2-1-3-5-6;1-3-4-2/h6H,1-5,7H2;1-2H3. The van der Waals surface area contributed by atoms with Crippen LogP contribution >= 0.6 is 0 Å². The predicted molar refractivity (Wildman–Crippen MR) is 50.2 cm³/mol. The van der Waals surface area contributed by atoms with Crippen LogP contribution in [0.3, 0.4) is 0 Å². The van der Waals surface area contributed by atoms with Crippen LogP contribution in [0.1, 0.15) is 46.0 Å². The monoisotopic (exact) mass is 153 g/mol. The molecule has 1 saturated carbocycles. The Balaban J connectivity index is 0.000000218. The van der Waals surface area contributed by atoms with Crippen molar-refractivity contribution in [1.82, 2.24) is 0 Å². The van der Waals surface area contributed by atoms with E-state index in [0.717, 1.165) is 0 Å². The third-order valence-electron chi connectivity index (χ3n) is 1.90. The van der Waals surface area contributed by atoms with Crippen molar-refractivity contribution in [3.05, 3.63) is 0 Å². The van der Waals surface area contributed by atoms with Crippen molar-refractivity contribution in [3.8, 4) is 11.8 Å². The Hall–Kier alpha value is -0.480. The second-order valence-electron chi connectivity index (χ2n) is 2.90. The van der Waals surface area contributed by atoms with Gasteiger partial charge < -0.3 is 5.73 Å². The van der Waals surface area contributed by atoms with E-state index in [2.05, 4.69) is 11.8 Å². The number of rotatable bonds is 0. The van der Waals surface area contributed by atoms with Gasteiger partial charge in [-0.2, -0.15) is 0 Å². The smallest absolute Gasteiger partial charge is 0.00388 e. The topological polar surface area (TPSA) is 26.0 Å². The van der Waals surface area contributed by atoms with Gasteiger partial charge in [0, 0.05) is 6.04 Å². The van der Waals surface area contributed by atoms with Gasteiger partial charge in [0.15, 0.2) is 0 Å². The molecule has 0 saturated heterocycles. The summed E-state index contributed by atoms with van der Waals surface area (Å²) in [7, 11) is 0. The highest BCUT2D eigenvalue weighted by molar-refractivity contribution is 4.89. The average molecular weight is 153 g/mol. The van der Waals surface area contributed by atoms with Gasteiger partial charge in [0.1, 0.15) is 0 Å².